The minimum absolute atomic E-state index is 0.298. The molecule has 0 aliphatic rings. The molecule has 1 N–H and O–H groups in total. The number of carbonyl (C=O) groups excluding carboxylic acids is 1. The summed E-state index contributed by atoms with van der Waals surface area (Å²) >= 11 is 0. The summed E-state index contributed by atoms with van der Waals surface area (Å²) in [4.78, 5) is 19.8. The molecule has 2 heterocycles. The lowest BCUT2D eigenvalue weighted by Gasteiger charge is -2.08. The Labute approximate surface area is 114 Å². The van der Waals surface area contributed by atoms with Crippen molar-refractivity contribution in [1.29, 1.82) is 0 Å². The predicted octanol–water partition coefficient (Wildman–Crippen LogP) is 3.02. The first-order valence-corrected chi connectivity index (χ1v) is 6.01. The maximum Gasteiger partial charge on any atom is 0.257 e. The highest BCUT2D eigenvalue weighted by molar-refractivity contribution is 6.08. The Bertz CT molecular complexity index is 766. The maximum absolute atomic E-state index is 12.7. The number of hydrogen-bond donors (Lipinski definition) is 1. The van der Waals surface area contributed by atoms with Crippen molar-refractivity contribution < 1.29 is 9.18 Å². The summed E-state index contributed by atoms with van der Waals surface area (Å²) in [6.07, 6.45) is 2.89. The number of pyridine rings is 2. The summed E-state index contributed by atoms with van der Waals surface area (Å²) in [6.45, 7) is 0. The van der Waals surface area contributed by atoms with E-state index in [2.05, 4.69) is 15.3 Å². The van der Waals surface area contributed by atoms with Crippen molar-refractivity contribution in [2.75, 3.05) is 5.32 Å². The smallest absolute Gasteiger partial charge is 0.257 e. The van der Waals surface area contributed by atoms with Crippen LogP contribution in [0.25, 0.3) is 10.9 Å². The number of fused-ring (bicyclic) bond motifs is 1. The Morgan fingerprint density at radius 3 is 2.75 bits per heavy atom. The number of carbonyl (C=O) groups is 1. The second-order valence-electron chi connectivity index (χ2n) is 4.20. The number of amides is 1. The Balaban J connectivity index is 1.93. The van der Waals surface area contributed by atoms with Gasteiger partial charge in [0, 0.05) is 17.8 Å². The zero-order chi connectivity index (χ0) is 13.9. The molecular formula is C15H10FN3O. The zero-order valence-corrected chi connectivity index (χ0v) is 10.4. The van der Waals surface area contributed by atoms with Crippen LogP contribution in [0.4, 0.5) is 10.1 Å². The Morgan fingerprint density at radius 1 is 1.05 bits per heavy atom. The van der Waals surface area contributed by atoms with Crippen molar-refractivity contribution >= 4 is 22.5 Å². The van der Waals surface area contributed by atoms with Crippen molar-refractivity contribution in [2.45, 2.75) is 0 Å². The van der Waals surface area contributed by atoms with Crippen LogP contribution in [0.2, 0.25) is 0 Å². The molecular weight excluding hydrogens is 257 g/mol. The van der Waals surface area contributed by atoms with E-state index in [1.54, 1.807) is 18.3 Å². The van der Waals surface area contributed by atoms with Gasteiger partial charge in [-0.25, -0.2) is 4.98 Å². The Morgan fingerprint density at radius 2 is 1.95 bits per heavy atom. The molecule has 0 bridgehead atoms. The Hall–Kier alpha value is -2.82. The molecule has 3 rings (SSSR count). The van der Waals surface area contributed by atoms with E-state index < -0.39 is 5.95 Å². The van der Waals surface area contributed by atoms with Crippen molar-refractivity contribution in [2.24, 2.45) is 0 Å². The lowest BCUT2D eigenvalue weighted by atomic mass is 10.1. The number of nitrogens with one attached hydrogen (secondary N) is 1. The third-order valence-corrected chi connectivity index (χ3v) is 2.88. The van der Waals surface area contributed by atoms with Crippen LogP contribution in [-0.2, 0) is 0 Å². The van der Waals surface area contributed by atoms with Crippen LogP contribution in [-0.4, -0.2) is 15.9 Å². The van der Waals surface area contributed by atoms with Crippen LogP contribution in [0.3, 0.4) is 0 Å². The summed E-state index contributed by atoms with van der Waals surface area (Å²) in [5.74, 6) is -0.954. The number of nitrogens with zero attached hydrogens (tertiary/aromatic N) is 2. The number of hydrogen-bond acceptors (Lipinski definition) is 3. The largest absolute Gasteiger partial charge is 0.321 e. The number of anilines is 1. The molecule has 3 aromatic rings. The molecule has 0 fully saturated rings. The molecule has 0 aliphatic heterocycles. The van der Waals surface area contributed by atoms with Gasteiger partial charge in [0.2, 0.25) is 5.95 Å². The maximum atomic E-state index is 12.7. The van der Waals surface area contributed by atoms with E-state index in [-0.39, 0.29) is 5.91 Å². The first kappa shape index (κ1) is 12.2. The van der Waals surface area contributed by atoms with Gasteiger partial charge >= 0.3 is 0 Å². The molecule has 0 spiro atoms. The average molecular weight is 267 g/mol. The first-order valence-electron chi connectivity index (χ1n) is 6.01. The predicted molar refractivity (Wildman–Crippen MR) is 73.9 cm³/mol. The summed E-state index contributed by atoms with van der Waals surface area (Å²) in [5, 5.41) is 3.63. The Kier molecular flexibility index (Phi) is 3.09. The number of aromatic nitrogens is 2. The van der Waals surface area contributed by atoms with Crippen LogP contribution in [0.5, 0.6) is 0 Å². The van der Waals surface area contributed by atoms with Gasteiger partial charge in [0.05, 0.1) is 16.8 Å². The number of halogens is 1. The number of rotatable bonds is 2. The third kappa shape index (κ3) is 2.33. The number of benzene rings is 1. The molecule has 5 heteroatoms. The van der Waals surface area contributed by atoms with Gasteiger partial charge in [0.1, 0.15) is 0 Å². The highest BCUT2D eigenvalue weighted by atomic mass is 19.1. The van der Waals surface area contributed by atoms with E-state index in [9.17, 15) is 9.18 Å². The molecule has 0 atom stereocenters. The quantitative estimate of drug-likeness (QED) is 0.726. The van der Waals surface area contributed by atoms with Crippen LogP contribution in [0.1, 0.15) is 10.4 Å². The van der Waals surface area contributed by atoms with E-state index in [4.69, 9.17) is 0 Å². The van der Waals surface area contributed by atoms with Gasteiger partial charge in [-0.1, -0.05) is 6.07 Å². The molecule has 98 valence electrons. The van der Waals surface area contributed by atoms with Crippen LogP contribution >= 0.6 is 0 Å². The molecule has 0 unspecified atom stereocenters. The van der Waals surface area contributed by atoms with Gasteiger partial charge in [0.15, 0.2) is 0 Å². The first-order chi connectivity index (χ1) is 9.74. The molecule has 0 saturated carbocycles. The molecule has 0 radical (unpaired) electrons. The fraction of sp³-hybridized carbons (Fsp3) is 0. The summed E-state index contributed by atoms with van der Waals surface area (Å²) < 4.78 is 12.7. The fourth-order valence-electron chi connectivity index (χ4n) is 1.92. The van der Waals surface area contributed by atoms with Crippen molar-refractivity contribution in [3.63, 3.8) is 0 Å². The van der Waals surface area contributed by atoms with E-state index in [0.29, 0.717) is 11.3 Å². The molecule has 1 aromatic carbocycles. The minimum atomic E-state index is -0.615. The summed E-state index contributed by atoms with van der Waals surface area (Å²) in [6, 6.07) is 11.7. The van der Waals surface area contributed by atoms with Gasteiger partial charge in [-0.3, -0.25) is 9.78 Å². The van der Waals surface area contributed by atoms with Crippen molar-refractivity contribution in [3.05, 3.63) is 66.4 Å². The lowest BCUT2D eigenvalue weighted by Crippen LogP contribution is -2.12. The average Bonchev–Trinajstić information content (AvgIpc) is 2.48. The van der Waals surface area contributed by atoms with Crippen LogP contribution in [0.15, 0.2) is 54.9 Å². The lowest BCUT2D eigenvalue weighted by molar-refractivity contribution is 0.102. The van der Waals surface area contributed by atoms with E-state index in [1.165, 1.54) is 12.3 Å². The van der Waals surface area contributed by atoms with Gasteiger partial charge in [0.25, 0.3) is 5.91 Å². The van der Waals surface area contributed by atoms with E-state index in [1.807, 2.05) is 18.2 Å². The fourth-order valence-corrected chi connectivity index (χ4v) is 1.92. The molecule has 4 nitrogen and oxygen atoms in total. The SMILES string of the molecule is O=C(Nc1cccc2ncccc12)c1ccc(F)nc1. The van der Waals surface area contributed by atoms with E-state index >= 15 is 0 Å². The second-order valence-corrected chi connectivity index (χ2v) is 4.20. The monoisotopic (exact) mass is 267 g/mol. The van der Waals surface area contributed by atoms with Crippen molar-refractivity contribution in [1.82, 2.24) is 9.97 Å². The molecule has 20 heavy (non-hydrogen) atoms. The van der Waals surface area contributed by atoms with E-state index in [0.717, 1.165) is 17.0 Å². The summed E-state index contributed by atoms with van der Waals surface area (Å²) in [5.41, 5.74) is 1.75. The van der Waals surface area contributed by atoms with Gasteiger partial charge in [-0.15, -0.1) is 0 Å². The van der Waals surface area contributed by atoms with Gasteiger partial charge in [-0.2, -0.15) is 4.39 Å². The standard InChI is InChI=1S/C15H10FN3O/c16-14-7-6-10(9-18-14)15(20)19-13-5-1-4-12-11(13)3-2-8-17-12/h1-9H,(H,19,20). The van der Waals surface area contributed by atoms with Crippen molar-refractivity contribution in [3.8, 4) is 0 Å². The summed E-state index contributed by atoms with van der Waals surface area (Å²) in [7, 11) is 0. The molecule has 2 aromatic heterocycles. The van der Waals surface area contributed by atoms with Gasteiger partial charge < -0.3 is 5.32 Å². The van der Waals surface area contributed by atoms with Crippen LogP contribution in [0, 0.1) is 5.95 Å². The zero-order valence-electron chi connectivity index (χ0n) is 10.4. The topological polar surface area (TPSA) is 54.9 Å². The highest BCUT2D eigenvalue weighted by Crippen LogP contribution is 2.21. The van der Waals surface area contributed by atoms with Crippen LogP contribution < -0.4 is 5.32 Å². The third-order valence-electron chi connectivity index (χ3n) is 2.88. The highest BCUT2D eigenvalue weighted by Gasteiger charge is 2.09. The van der Waals surface area contributed by atoms with Gasteiger partial charge in [-0.05, 0) is 36.4 Å². The molecule has 0 aliphatic carbocycles. The normalized spacial score (nSPS) is 10.4. The molecule has 1 amide bonds. The molecule has 0 saturated heterocycles. The second kappa shape index (κ2) is 5.05. The minimum Gasteiger partial charge on any atom is -0.321 e.